The van der Waals surface area contributed by atoms with Crippen LogP contribution in [-0.2, 0) is 16.4 Å². The molecule has 0 fully saturated rings. The average molecular weight is 328 g/mol. The summed E-state index contributed by atoms with van der Waals surface area (Å²) in [4.78, 5) is 8.92. The van der Waals surface area contributed by atoms with Crippen molar-refractivity contribution >= 4 is 27.3 Å². The van der Waals surface area contributed by atoms with E-state index in [4.69, 9.17) is 10.5 Å². The Morgan fingerprint density at radius 2 is 2.14 bits per heavy atom. The Morgan fingerprint density at radius 1 is 1.38 bits per heavy atom. The maximum absolute atomic E-state index is 12.3. The molecule has 0 aliphatic rings. The Kier molecular flexibility index (Phi) is 4.76. The molecule has 0 saturated carbocycles. The van der Waals surface area contributed by atoms with Crippen molar-refractivity contribution in [1.29, 1.82) is 0 Å². The molecular formula is C12H16N4O3S2. The van der Waals surface area contributed by atoms with Crippen LogP contribution < -0.4 is 15.2 Å². The number of methoxy groups -OCH3 is 1. The minimum absolute atomic E-state index is 0.0133. The Labute approximate surface area is 127 Å². The lowest BCUT2D eigenvalue weighted by Crippen LogP contribution is -2.14. The SMILES string of the molecule is COc1cc(C)nc(NS(=O)(=O)c2ccc(CCN)s2)n1. The Morgan fingerprint density at radius 3 is 2.81 bits per heavy atom. The van der Waals surface area contributed by atoms with Crippen molar-refractivity contribution < 1.29 is 13.2 Å². The molecule has 114 valence electrons. The topological polar surface area (TPSA) is 107 Å². The first kappa shape index (κ1) is 15.7. The third-order valence-electron chi connectivity index (χ3n) is 2.56. The smallest absolute Gasteiger partial charge is 0.273 e. The fourth-order valence-electron chi connectivity index (χ4n) is 1.64. The van der Waals surface area contributed by atoms with E-state index in [-0.39, 0.29) is 10.2 Å². The van der Waals surface area contributed by atoms with Gasteiger partial charge >= 0.3 is 0 Å². The van der Waals surface area contributed by atoms with E-state index < -0.39 is 10.0 Å². The number of nitrogens with two attached hydrogens (primary N) is 1. The second-order valence-corrected chi connectivity index (χ2v) is 7.32. The first-order valence-electron chi connectivity index (χ1n) is 6.16. The van der Waals surface area contributed by atoms with E-state index in [0.717, 1.165) is 4.88 Å². The van der Waals surface area contributed by atoms with Gasteiger partial charge in [-0.3, -0.25) is 0 Å². The summed E-state index contributed by atoms with van der Waals surface area (Å²) < 4.78 is 32.1. The zero-order valence-electron chi connectivity index (χ0n) is 11.7. The third-order valence-corrected chi connectivity index (χ3v) is 5.52. The van der Waals surface area contributed by atoms with Gasteiger partial charge in [0.1, 0.15) is 4.21 Å². The van der Waals surface area contributed by atoms with Gasteiger partial charge in [0, 0.05) is 16.6 Å². The van der Waals surface area contributed by atoms with Crippen molar-refractivity contribution in [3.8, 4) is 5.88 Å². The van der Waals surface area contributed by atoms with Crippen LogP contribution in [0.5, 0.6) is 5.88 Å². The second kappa shape index (κ2) is 6.37. The standard InChI is InChI=1S/C12H16N4O3S2/c1-8-7-10(19-2)15-12(14-8)16-21(17,18)11-4-3-9(20-11)5-6-13/h3-4,7H,5-6,13H2,1-2H3,(H,14,15,16). The quantitative estimate of drug-likeness (QED) is 0.824. The lowest BCUT2D eigenvalue weighted by molar-refractivity contribution is 0.397. The second-order valence-electron chi connectivity index (χ2n) is 4.24. The number of anilines is 1. The number of aromatic nitrogens is 2. The van der Waals surface area contributed by atoms with E-state index in [1.165, 1.54) is 18.4 Å². The van der Waals surface area contributed by atoms with E-state index in [1.54, 1.807) is 25.1 Å². The fourth-order valence-corrected chi connectivity index (χ4v) is 3.95. The van der Waals surface area contributed by atoms with E-state index in [2.05, 4.69) is 14.7 Å². The number of ether oxygens (including phenoxy) is 1. The number of hydrogen-bond acceptors (Lipinski definition) is 7. The average Bonchev–Trinajstić information content (AvgIpc) is 2.87. The molecule has 2 rings (SSSR count). The van der Waals surface area contributed by atoms with Crippen LogP contribution in [0.15, 0.2) is 22.4 Å². The lowest BCUT2D eigenvalue weighted by Gasteiger charge is -2.07. The molecule has 0 saturated heterocycles. The molecule has 2 heterocycles. The minimum atomic E-state index is -3.71. The van der Waals surface area contributed by atoms with E-state index in [1.807, 2.05) is 0 Å². The van der Waals surface area contributed by atoms with Crippen LogP contribution in [0.25, 0.3) is 0 Å². The van der Waals surface area contributed by atoms with Crippen LogP contribution in [0, 0.1) is 6.92 Å². The minimum Gasteiger partial charge on any atom is -0.481 e. The zero-order valence-corrected chi connectivity index (χ0v) is 13.3. The molecular weight excluding hydrogens is 312 g/mol. The van der Waals surface area contributed by atoms with Gasteiger partial charge in [0.25, 0.3) is 10.0 Å². The molecule has 21 heavy (non-hydrogen) atoms. The van der Waals surface area contributed by atoms with Gasteiger partial charge < -0.3 is 10.5 Å². The predicted molar refractivity (Wildman–Crippen MR) is 81.2 cm³/mol. The summed E-state index contributed by atoms with van der Waals surface area (Å²) in [6, 6.07) is 4.91. The molecule has 3 N–H and O–H groups in total. The molecule has 0 radical (unpaired) electrons. The van der Waals surface area contributed by atoms with Crippen LogP contribution >= 0.6 is 11.3 Å². The van der Waals surface area contributed by atoms with Crippen molar-refractivity contribution in [2.45, 2.75) is 17.6 Å². The number of aryl methyl sites for hydroxylation is 1. The lowest BCUT2D eigenvalue weighted by atomic mass is 10.3. The van der Waals surface area contributed by atoms with E-state index in [0.29, 0.717) is 24.5 Å². The first-order chi connectivity index (χ1) is 9.94. The summed E-state index contributed by atoms with van der Waals surface area (Å²) in [7, 11) is -2.25. The highest BCUT2D eigenvalue weighted by Crippen LogP contribution is 2.24. The summed E-state index contributed by atoms with van der Waals surface area (Å²) in [5.41, 5.74) is 6.06. The van der Waals surface area contributed by atoms with E-state index >= 15 is 0 Å². The van der Waals surface area contributed by atoms with Crippen molar-refractivity contribution in [2.75, 3.05) is 18.4 Å². The van der Waals surface area contributed by atoms with Crippen LogP contribution in [0.2, 0.25) is 0 Å². The van der Waals surface area contributed by atoms with E-state index in [9.17, 15) is 8.42 Å². The summed E-state index contributed by atoms with van der Waals surface area (Å²) >= 11 is 1.18. The van der Waals surface area contributed by atoms with Crippen LogP contribution in [0.4, 0.5) is 5.95 Å². The van der Waals surface area contributed by atoms with Crippen molar-refractivity contribution in [3.63, 3.8) is 0 Å². The molecule has 2 aromatic heterocycles. The number of rotatable bonds is 6. The molecule has 9 heteroatoms. The zero-order chi connectivity index (χ0) is 15.5. The number of hydrogen-bond donors (Lipinski definition) is 2. The molecule has 0 spiro atoms. The van der Waals surface area contributed by atoms with Gasteiger partial charge in [-0.2, -0.15) is 4.98 Å². The van der Waals surface area contributed by atoms with Crippen molar-refractivity contribution in [2.24, 2.45) is 5.73 Å². The van der Waals surface area contributed by atoms with Gasteiger partial charge in [-0.25, -0.2) is 18.1 Å². The number of nitrogens with one attached hydrogen (secondary N) is 1. The highest BCUT2D eigenvalue weighted by molar-refractivity contribution is 7.94. The Hall–Kier alpha value is -1.71. The largest absolute Gasteiger partial charge is 0.481 e. The normalized spacial score (nSPS) is 11.4. The Bertz CT molecular complexity index is 728. The first-order valence-corrected chi connectivity index (χ1v) is 8.46. The van der Waals surface area contributed by atoms with Crippen LogP contribution in [0.3, 0.4) is 0 Å². The highest BCUT2D eigenvalue weighted by atomic mass is 32.2. The molecule has 0 atom stereocenters. The number of nitrogens with zero attached hydrogens (tertiary/aromatic N) is 2. The maximum Gasteiger partial charge on any atom is 0.273 e. The summed E-state index contributed by atoms with van der Waals surface area (Å²) in [5.74, 6) is 0.288. The molecule has 0 bridgehead atoms. The number of thiophene rings is 1. The molecule has 7 nitrogen and oxygen atoms in total. The van der Waals surface area contributed by atoms with Crippen LogP contribution in [0.1, 0.15) is 10.6 Å². The highest BCUT2D eigenvalue weighted by Gasteiger charge is 2.18. The third kappa shape index (κ3) is 3.90. The van der Waals surface area contributed by atoms with Gasteiger partial charge in [0.15, 0.2) is 0 Å². The molecule has 0 unspecified atom stereocenters. The van der Waals surface area contributed by atoms with Crippen molar-refractivity contribution in [1.82, 2.24) is 9.97 Å². The summed E-state index contributed by atoms with van der Waals surface area (Å²) in [5, 5.41) is 0. The van der Waals surface area contributed by atoms with Crippen LogP contribution in [-0.4, -0.2) is 32.0 Å². The summed E-state index contributed by atoms with van der Waals surface area (Å²) in [6.45, 7) is 2.21. The predicted octanol–water partition coefficient (Wildman–Crippen LogP) is 1.16. The van der Waals surface area contributed by atoms with Gasteiger partial charge in [-0.1, -0.05) is 0 Å². The number of sulfonamides is 1. The van der Waals surface area contributed by atoms with Gasteiger partial charge in [-0.05, 0) is 32.0 Å². The fraction of sp³-hybridized carbons (Fsp3) is 0.333. The van der Waals surface area contributed by atoms with Gasteiger partial charge in [-0.15, -0.1) is 11.3 Å². The molecule has 2 aromatic rings. The molecule has 0 aromatic carbocycles. The van der Waals surface area contributed by atoms with Gasteiger partial charge in [0.05, 0.1) is 7.11 Å². The summed E-state index contributed by atoms with van der Waals surface area (Å²) in [6.07, 6.45) is 0.648. The molecule has 0 aliphatic heterocycles. The molecule has 0 aliphatic carbocycles. The Balaban J connectivity index is 2.26. The monoisotopic (exact) mass is 328 g/mol. The maximum atomic E-state index is 12.3. The van der Waals surface area contributed by atoms with Gasteiger partial charge in [0.2, 0.25) is 11.8 Å². The van der Waals surface area contributed by atoms with Crippen molar-refractivity contribution in [3.05, 3.63) is 28.8 Å². The molecule has 0 amide bonds.